The molecule has 0 aromatic heterocycles. The summed E-state index contributed by atoms with van der Waals surface area (Å²) in [6.45, 7) is 0.549. The average Bonchev–Trinajstić information content (AvgIpc) is 3.28. The lowest BCUT2D eigenvalue weighted by atomic mass is 10.0. The summed E-state index contributed by atoms with van der Waals surface area (Å²) < 4.78 is 0. The molecule has 1 aliphatic rings. The second kappa shape index (κ2) is 4.91. The molecule has 3 rings (SSSR count). The Bertz CT molecular complexity index is 641. The highest BCUT2D eigenvalue weighted by Crippen LogP contribution is 2.46. The van der Waals surface area contributed by atoms with Gasteiger partial charge in [0.2, 0.25) is 5.91 Å². The first-order chi connectivity index (χ1) is 9.66. The Hall–Kier alpha value is -1.87. The second-order valence-corrected chi connectivity index (χ2v) is 5.74. The van der Waals surface area contributed by atoms with E-state index >= 15 is 0 Å². The first-order valence-electron chi connectivity index (χ1n) is 6.99. The van der Waals surface area contributed by atoms with Gasteiger partial charge in [0, 0.05) is 13.6 Å². The van der Waals surface area contributed by atoms with E-state index in [1.807, 2.05) is 25.2 Å². The molecule has 0 unspecified atom stereocenters. The van der Waals surface area contributed by atoms with Crippen LogP contribution in [0.5, 0.6) is 0 Å². The topological polar surface area (TPSA) is 40.5 Å². The predicted molar refractivity (Wildman–Crippen MR) is 79.2 cm³/mol. The molecule has 1 saturated carbocycles. The van der Waals surface area contributed by atoms with Crippen molar-refractivity contribution in [3.63, 3.8) is 0 Å². The van der Waals surface area contributed by atoms with Gasteiger partial charge in [0.25, 0.3) is 0 Å². The summed E-state index contributed by atoms with van der Waals surface area (Å²) in [7, 11) is 1.82. The smallest absolute Gasteiger partial charge is 0.231 e. The zero-order valence-corrected chi connectivity index (χ0v) is 11.7. The fraction of sp³-hybridized carbons (Fsp3) is 0.353. The predicted octanol–water partition coefficient (Wildman–Crippen LogP) is 2.57. The van der Waals surface area contributed by atoms with Crippen molar-refractivity contribution in [2.24, 2.45) is 5.41 Å². The molecule has 1 fully saturated rings. The standard InChI is InChI=1S/C17H19NO2/c1-18(16(20)17(12-19)9-10-17)11-14-7-4-6-13-5-2-3-8-15(13)14/h2-8,19H,9-12H2,1H3. The molecule has 0 atom stereocenters. The third kappa shape index (κ3) is 2.18. The zero-order chi connectivity index (χ0) is 14.2. The summed E-state index contributed by atoms with van der Waals surface area (Å²) in [6, 6.07) is 14.4. The van der Waals surface area contributed by atoms with Crippen LogP contribution in [0.3, 0.4) is 0 Å². The lowest BCUT2D eigenvalue weighted by Gasteiger charge is -2.23. The Morgan fingerprint density at radius 3 is 2.60 bits per heavy atom. The van der Waals surface area contributed by atoms with Crippen LogP contribution in [0, 0.1) is 5.41 Å². The summed E-state index contributed by atoms with van der Waals surface area (Å²) in [5, 5.41) is 11.7. The monoisotopic (exact) mass is 269 g/mol. The molecular formula is C17H19NO2. The van der Waals surface area contributed by atoms with E-state index in [1.54, 1.807) is 4.90 Å². The molecule has 0 spiro atoms. The van der Waals surface area contributed by atoms with E-state index in [-0.39, 0.29) is 12.5 Å². The van der Waals surface area contributed by atoms with E-state index in [0.717, 1.165) is 18.4 Å². The van der Waals surface area contributed by atoms with Crippen LogP contribution in [0.2, 0.25) is 0 Å². The molecule has 0 saturated heterocycles. The van der Waals surface area contributed by atoms with Gasteiger partial charge in [-0.25, -0.2) is 0 Å². The van der Waals surface area contributed by atoms with Gasteiger partial charge in [-0.15, -0.1) is 0 Å². The third-order valence-electron chi connectivity index (χ3n) is 4.24. The molecule has 0 heterocycles. The highest BCUT2D eigenvalue weighted by Gasteiger charge is 2.50. The number of hydrogen-bond donors (Lipinski definition) is 1. The lowest BCUT2D eigenvalue weighted by molar-refractivity contribution is -0.137. The summed E-state index contributed by atoms with van der Waals surface area (Å²) >= 11 is 0. The van der Waals surface area contributed by atoms with Gasteiger partial charge in [0.05, 0.1) is 12.0 Å². The number of aliphatic hydroxyl groups excluding tert-OH is 1. The Morgan fingerprint density at radius 1 is 1.20 bits per heavy atom. The molecule has 0 aliphatic heterocycles. The summed E-state index contributed by atoms with van der Waals surface area (Å²) in [4.78, 5) is 14.1. The molecule has 1 aliphatic carbocycles. The van der Waals surface area contributed by atoms with Gasteiger partial charge >= 0.3 is 0 Å². The van der Waals surface area contributed by atoms with Gasteiger partial charge in [-0.3, -0.25) is 4.79 Å². The number of benzene rings is 2. The fourth-order valence-electron chi connectivity index (χ4n) is 2.75. The van der Waals surface area contributed by atoms with Gasteiger partial charge in [-0.1, -0.05) is 42.5 Å². The van der Waals surface area contributed by atoms with Crippen LogP contribution in [0.25, 0.3) is 10.8 Å². The lowest BCUT2D eigenvalue weighted by Crippen LogP contribution is -2.35. The largest absolute Gasteiger partial charge is 0.395 e. The van der Waals surface area contributed by atoms with E-state index in [4.69, 9.17) is 0 Å². The van der Waals surface area contributed by atoms with Gasteiger partial charge in [-0.05, 0) is 29.2 Å². The maximum Gasteiger partial charge on any atom is 0.231 e. The number of fused-ring (bicyclic) bond motifs is 1. The van der Waals surface area contributed by atoms with E-state index in [0.29, 0.717) is 6.54 Å². The Balaban J connectivity index is 1.84. The number of carbonyl (C=O) groups is 1. The van der Waals surface area contributed by atoms with Crippen molar-refractivity contribution in [1.82, 2.24) is 4.90 Å². The minimum absolute atomic E-state index is 0.0360. The van der Waals surface area contributed by atoms with Crippen molar-refractivity contribution in [3.05, 3.63) is 48.0 Å². The fourth-order valence-corrected chi connectivity index (χ4v) is 2.75. The van der Waals surface area contributed by atoms with Crippen molar-refractivity contribution in [1.29, 1.82) is 0 Å². The summed E-state index contributed by atoms with van der Waals surface area (Å²) in [5.41, 5.74) is 0.659. The van der Waals surface area contributed by atoms with Crippen molar-refractivity contribution < 1.29 is 9.90 Å². The Labute approximate surface area is 118 Å². The van der Waals surface area contributed by atoms with Crippen LogP contribution >= 0.6 is 0 Å². The van der Waals surface area contributed by atoms with Crippen LogP contribution in [-0.2, 0) is 11.3 Å². The minimum atomic E-state index is -0.487. The molecule has 104 valence electrons. The van der Waals surface area contributed by atoms with Crippen LogP contribution in [0.1, 0.15) is 18.4 Å². The molecule has 2 aromatic rings. The molecule has 1 amide bonds. The first-order valence-corrected chi connectivity index (χ1v) is 6.99. The Kier molecular flexibility index (Phi) is 3.22. The van der Waals surface area contributed by atoms with Crippen molar-refractivity contribution in [3.8, 4) is 0 Å². The summed E-state index contributed by atoms with van der Waals surface area (Å²) in [5.74, 6) is 0.0629. The van der Waals surface area contributed by atoms with E-state index < -0.39 is 5.41 Å². The van der Waals surface area contributed by atoms with E-state index in [1.165, 1.54) is 10.8 Å². The Morgan fingerprint density at radius 2 is 1.90 bits per heavy atom. The van der Waals surface area contributed by atoms with Crippen molar-refractivity contribution in [2.75, 3.05) is 13.7 Å². The van der Waals surface area contributed by atoms with Crippen LogP contribution in [0.15, 0.2) is 42.5 Å². The number of carbonyl (C=O) groups excluding carboxylic acids is 1. The maximum atomic E-state index is 12.4. The molecule has 2 aromatic carbocycles. The highest BCUT2D eigenvalue weighted by molar-refractivity contribution is 5.88. The van der Waals surface area contributed by atoms with Crippen LogP contribution in [0.4, 0.5) is 0 Å². The molecule has 20 heavy (non-hydrogen) atoms. The van der Waals surface area contributed by atoms with Gasteiger partial charge < -0.3 is 10.0 Å². The van der Waals surface area contributed by atoms with Crippen LogP contribution in [-0.4, -0.2) is 29.6 Å². The van der Waals surface area contributed by atoms with Crippen LogP contribution < -0.4 is 0 Å². The van der Waals surface area contributed by atoms with Gasteiger partial charge in [0.1, 0.15) is 0 Å². The third-order valence-corrected chi connectivity index (χ3v) is 4.24. The number of amides is 1. The number of nitrogens with zero attached hydrogens (tertiary/aromatic N) is 1. The quantitative estimate of drug-likeness (QED) is 0.926. The summed E-state index contributed by atoms with van der Waals surface area (Å²) in [6.07, 6.45) is 1.62. The van der Waals surface area contributed by atoms with Gasteiger partial charge in [0.15, 0.2) is 0 Å². The van der Waals surface area contributed by atoms with E-state index in [9.17, 15) is 9.90 Å². The second-order valence-electron chi connectivity index (χ2n) is 5.74. The molecule has 0 radical (unpaired) electrons. The first kappa shape index (κ1) is 13.1. The normalized spacial score (nSPS) is 16.1. The molecule has 1 N–H and O–H groups in total. The van der Waals surface area contributed by atoms with Crippen molar-refractivity contribution >= 4 is 16.7 Å². The SMILES string of the molecule is CN(Cc1cccc2ccccc12)C(=O)C1(CO)CC1. The number of aliphatic hydroxyl groups is 1. The highest BCUT2D eigenvalue weighted by atomic mass is 16.3. The molecular weight excluding hydrogens is 250 g/mol. The minimum Gasteiger partial charge on any atom is -0.395 e. The van der Waals surface area contributed by atoms with Crippen molar-refractivity contribution in [2.45, 2.75) is 19.4 Å². The maximum absolute atomic E-state index is 12.4. The van der Waals surface area contributed by atoms with E-state index in [2.05, 4.69) is 24.3 Å². The number of rotatable bonds is 4. The van der Waals surface area contributed by atoms with Gasteiger partial charge in [-0.2, -0.15) is 0 Å². The molecule has 3 nitrogen and oxygen atoms in total. The number of hydrogen-bond acceptors (Lipinski definition) is 2. The molecule has 0 bridgehead atoms. The molecule has 3 heteroatoms. The average molecular weight is 269 g/mol. The zero-order valence-electron chi connectivity index (χ0n) is 11.7.